The maximum atomic E-state index is 13.6. The van der Waals surface area contributed by atoms with Crippen LogP contribution in [0.15, 0.2) is 30.3 Å². The molecule has 2 rings (SSSR count). The molecule has 18 heavy (non-hydrogen) atoms. The van der Waals surface area contributed by atoms with Crippen LogP contribution in [0.4, 0.5) is 15.9 Å². The zero-order chi connectivity index (χ0) is 13.1. The number of nitrogens with zero attached hydrogens (tertiary/aromatic N) is 2. The Morgan fingerprint density at radius 3 is 2.83 bits per heavy atom. The number of anilines is 2. The van der Waals surface area contributed by atoms with Gasteiger partial charge < -0.3 is 5.32 Å². The molecule has 0 amide bonds. The summed E-state index contributed by atoms with van der Waals surface area (Å²) in [6.07, 6.45) is 0. The lowest BCUT2D eigenvalue weighted by atomic mass is 10.2. The van der Waals surface area contributed by atoms with E-state index < -0.39 is 5.82 Å². The Kier molecular flexibility index (Phi) is 3.45. The number of aryl methyl sites for hydroxylation is 1. The summed E-state index contributed by atoms with van der Waals surface area (Å²) in [7, 11) is 0. The molecular formula is C13H9ClFN3. The molecule has 0 aliphatic carbocycles. The van der Waals surface area contributed by atoms with Gasteiger partial charge in [-0.05, 0) is 31.2 Å². The van der Waals surface area contributed by atoms with E-state index in [1.807, 2.05) is 6.07 Å². The number of para-hydroxylation sites is 1. The summed E-state index contributed by atoms with van der Waals surface area (Å²) >= 11 is 5.90. The molecule has 0 saturated carbocycles. The molecule has 0 aliphatic rings. The number of nitriles is 1. The summed E-state index contributed by atoms with van der Waals surface area (Å²) in [6.45, 7) is 1.76. The second kappa shape index (κ2) is 5.03. The van der Waals surface area contributed by atoms with Gasteiger partial charge in [-0.15, -0.1) is 0 Å². The summed E-state index contributed by atoms with van der Waals surface area (Å²) < 4.78 is 13.6. The van der Waals surface area contributed by atoms with E-state index in [1.165, 1.54) is 18.2 Å². The van der Waals surface area contributed by atoms with Gasteiger partial charge in [0, 0.05) is 5.69 Å². The number of nitrogens with one attached hydrogen (secondary N) is 1. The fraction of sp³-hybridized carbons (Fsp3) is 0.0769. The minimum atomic E-state index is -0.468. The number of rotatable bonds is 2. The molecular weight excluding hydrogens is 253 g/mol. The van der Waals surface area contributed by atoms with Crippen LogP contribution in [0, 0.1) is 24.1 Å². The van der Waals surface area contributed by atoms with Crippen molar-refractivity contribution in [2.75, 3.05) is 5.32 Å². The molecule has 0 saturated heterocycles. The van der Waals surface area contributed by atoms with E-state index in [0.29, 0.717) is 17.1 Å². The summed E-state index contributed by atoms with van der Waals surface area (Å²) in [6, 6.07) is 9.60. The molecule has 0 radical (unpaired) electrons. The predicted molar refractivity (Wildman–Crippen MR) is 68.4 cm³/mol. The van der Waals surface area contributed by atoms with Crippen LogP contribution in [0.2, 0.25) is 5.02 Å². The quantitative estimate of drug-likeness (QED) is 0.895. The summed E-state index contributed by atoms with van der Waals surface area (Å²) in [4.78, 5) is 4.17. The first-order valence-electron chi connectivity index (χ1n) is 5.20. The Hall–Kier alpha value is -2.12. The average Bonchev–Trinajstić information content (AvgIpc) is 2.33. The standard InChI is InChI=1S/C13H9ClFN3/c1-8-5-9(7-16)6-12(17-8)18-13-10(14)3-2-4-11(13)15/h2-6H,1H3,(H,17,18). The van der Waals surface area contributed by atoms with Crippen LogP contribution in [0.3, 0.4) is 0 Å². The van der Waals surface area contributed by atoms with Crippen molar-refractivity contribution >= 4 is 23.1 Å². The Balaban J connectivity index is 2.40. The zero-order valence-electron chi connectivity index (χ0n) is 9.54. The lowest BCUT2D eigenvalue weighted by molar-refractivity contribution is 0.632. The molecule has 0 spiro atoms. The fourth-order valence-electron chi connectivity index (χ4n) is 1.54. The lowest BCUT2D eigenvalue weighted by Gasteiger charge is -2.09. The van der Waals surface area contributed by atoms with Crippen LogP contribution in [0.1, 0.15) is 11.3 Å². The highest BCUT2D eigenvalue weighted by atomic mass is 35.5. The van der Waals surface area contributed by atoms with Crippen LogP contribution >= 0.6 is 11.6 Å². The van der Waals surface area contributed by atoms with E-state index in [1.54, 1.807) is 19.1 Å². The van der Waals surface area contributed by atoms with E-state index in [4.69, 9.17) is 16.9 Å². The third kappa shape index (κ3) is 2.58. The number of aromatic nitrogens is 1. The number of hydrogen-bond acceptors (Lipinski definition) is 3. The first-order valence-corrected chi connectivity index (χ1v) is 5.58. The first kappa shape index (κ1) is 12.3. The molecule has 0 bridgehead atoms. The number of pyridine rings is 1. The van der Waals surface area contributed by atoms with Gasteiger partial charge in [0.1, 0.15) is 11.6 Å². The highest BCUT2D eigenvalue weighted by Gasteiger charge is 2.08. The summed E-state index contributed by atoms with van der Waals surface area (Å²) in [5.41, 5.74) is 1.28. The minimum absolute atomic E-state index is 0.154. The number of hydrogen-bond donors (Lipinski definition) is 1. The average molecular weight is 262 g/mol. The van der Waals surface area contributed by atoms with Gasteiger partial charge in [-0.2, -0.15) is 5.26 Å². The molecule has 1 aromatic heterocycles. The summed E-state index contributed by atoms with van der Waals surface area (Å²) in [5, 5.41) is 11.9. The van der Waals surface area contributed by atoms with Gasteiger partial charge >= 0.3 is 0 Å². The lowest BCUT2D eigenvalue weighted by Crippen LogP contribution is -1.99. The topological polar surface area (TPSA) is 48.7 Å². The maximum Gasteiger partial charge on any atom is 0.148 e. The van der Waals surface area contributed by atoms with Crippen molar-refractivity contribution in [3.63, 3.8) is 0 Å². The van der Waals surface area contributed by atoms with Gasteiger partial charge in [0.25, 0.3) is 0 Å². The zero-order valence-corrected chi connectivity index (χ0v) is 10.3. The van der Waals surface area contributed by atoms with Crippen LogP contribution in [0.25, 0.3) is 0 Å². The molecule has 2 aromatic rings. The van der Waals surface area contributed by atoms with Gasteiger partial charge in [0.05, 0.1) is 22.3 Å². The molecule has 3 nitrogen and oxygen atoms in total. The maximum absolute atomic E-state index is 13.6. The summed E-state index contributed by atoms with van der Waals surface area (Å²) in [5.74, 6) is -0.0807. The van der Waals surface area contributed by atoms with Crippen LogP contribution < -0.4 is 5.32 Å². The SMILES string of the molecule is Cc1cc(C#N)cc(Nc2c(F)cccc2Cl)n1. The van der Waals surface area contributed by atoms with Gasteiger partial charge in [0.2, 0.25) is 0 Å². The molecule has 0 aliphatic heterocycles. The van der Waals surface area contributed by atoms with Crippen molar-refractivity contribution < 1.29 is 4.39 Å². The molecule has 0 atom stereocenters. The van der Waals surface area contributed by atoms with Crippen molar-refractivity contribution in [2.45, 2.75) is 6.92 Å². The Morgan fingerprint density at radius 1 is 1.39 bits per heavy atom. The van der Waals surface area contributed by atoms with E-state index >= 15 is 0 Å². The fourth-order valence-corrected chi connectivity index (χ4v) is 1.75. The van der Waals surface area contributed by atoms with Crippen LogP contribution in [-0.4, -0.2) is 4.98 Å². The number of benzene rings is 1. The molecule has 5 heteroatoms. The highest BCUT2D eigenvalue weighted by molar-refractivity contribution is 6.33. The Bertz CT molecular complexity index is 614. The van der Waals surface area contributed by atoms with Crippen molar-refractivity contribution in [3.8, 4) is 6.07 Å². The van der Waals surface area contributed by atoms with Crippen LogP contribution in [0.5, 0.6) is 0 Å². The van der Waals surface area contributed by atoms with Gasteiger partial charge in [0.15, 0.2) is 0 Å². The molecule has 1 heterocycles. The minimum Gasteiger partial charge on any atom is -0.337 e. The third-order valence-corrected chi connectivity index (χ3v) is 2.61. The van der Waals surface area contributed by atoms with E-state index in [2.05, 4.69) is 10.3 Å². The van der Waals surface area contributed by atoms with Gasteiger partial charge in [-0.1, -0.05) is 17.7 Å². The van der Waals surface area contributed by atoms with Crippen molar-refractivity contribution in [3.05, 3.63) is 52.4 Å². The van der Waals surface area contributed by atoms with E-state index in [-0.39, 0.29) is 10.7 Å². The van der Waals surface area contributed by atoms with E-state index in [9.17, 15) is 4.39 Å². The van der Waals surface area contributed by atoms with Crippen molar-refractivity contribution in [1.82, 2.24) is 4.98 Å². The first-order chi connectivity index (χ1) is 8.60. The Morgan fingerprint density at radius 2 is 2.17 bits per heavy atom. The van der Waals surface area contributed by atoms with Gasteiger partial charge in [-0.3, -0.25) is 0 Å². The second-order valence-corrected chi connectivity index (χ2v) is 4.12. The van der Waals surface area contributed by atoms with Crippen LogP contribution in [-0.2, 0) is 0 Å². The Labute approximate surface area is 109 Å². The monoisotopic (exact) mass is 261 g/mol. The molecule has 90 valence electrons. The molecule has 1 aromatic carbocycles. The third-order valence-electron chi connectivity index (χ3n) is 2.30. The molecule has 1 N–H and O–H groups in total. The highest BCUT2D eigenvalue weighted by Crippen LogP contribution is 2.27. The largest absolute Gasteiger partial charge is 0.337 e. The van der Waals surface area contributed by atoms with Gasteiger partial charge in [-0.25, -0.2) is 9.37 Å². The smallest absolute Gasteiger partial charge is 0.148 e. The predicted octanol–water partition coefficient (Wildman–Crippen LogP) is 3.80. The molecule has 0 unspecified atom stereocenters. The number of halogens is 2. The van der Waals surface area contributed by atoms with Crippen molar-refractivity contribution in [2.24, 2.45) is 0 Å². The van der Waals surface area contributed by atoms with Crippen molar-refractivity contribution in [1.29, 1.82) is 5.26 Å². The second-order valence-electron chi connectivity index (χ2n) is 3.72. The normalized spacial score (nSPS) is 9.89. The molecule has 0 fully saturated rings. The van der Waals surface area contributed by atoms with E-state index in [0.717, 1.165) is 0 Å².